The van der Waals surface area contributed by atoms with Crippen molar-refractivity contribution in [1.29, 1.82) is 0 Å². The molecule has 2 aliphatic rings. The number of rotatable bonds is 6. The highest BCUT2D eigenvalue weighted by Gasteiger charge is 2.52. The van der Waals surface area contributed by atoms with Crippen LogP contribution >= 0.6 is 27.5 Å². The maximum absolute atomic E-state index is 14.6. The number of likely N-dealkylation sites (tertiary alicyclic amines) is 1. The van der Waals surface area contributed by atoms with E-state index in [1.807, 2.05) is 23.1 Å². The van der Waals surface area contributed by atoms with Crippen LogP contribution in [0.1, 0.15) is 41.7 Å². The third-order valence-electron chi connectivity index (χ3n) is 7.20. The maximum Gasteiger partial charge on any atom is 0.270 e. The molecular formula is C27H25BrClFN4O3. The Morgan fingerprint density at radius 2 is 2.11 bits per heavy atom. The van der Waals surface area contributed by atoms with E-state index in [0.29, 0.717) is 18.7 Å². The van der Waals surface area contributed by atoms with Crippen molar-refractivity contribution in [3.8, 4) is 11.4 Å². The van der Waals surface area contributed by atoms with Crippen molar-refractivity contribution in [2.75, 3.05) is 13.7 Å². The third-order valence-corrected chi connectivity index (χ3v) is 7.92. The molecule has 1 saturated carbocycles. The van der Waals surface area contributed by atoms with Gasteiger partial charge in [-0.2, -0.15) is 0 Å². The number of imidazole rings is 1. The van der Waals surface area contributed by atoms with Crippen LogP contribution in [0.15, 0.2) is 59.5 Å². The highest BCUT2D eigenvalue weighted by molar-refractivity contribution is 9.10. The lowest BCUT2D eigenvalue weighted by molar-refractivity contribution is -0.127. The van der Waals surface area contributed by atoms with Gasteiger partial charge < -0.3 is 15.0 Å². The minimum atomic E-state index is -0.553. The summed E-state index contributed by atoms with van der Waals surface area (Å²) in [5.74, 6) is -0.353. The molecule has 2 aromatic carbocycles. The van der Waals surface area contributed by atoms with Crippen molar-refractivity contribution in [3.05, 3.63) is 81.6 Å². The molecule has 1 aliphatic heterocycles. The first-order valence-electron chi connectivity index (χ1n) is 11.9. The molecule has 0 bridgehead atoms. The zero-order valence-electron chi connectivity index (χ0n) is 20.1. The summed E-state index contributed by atoms with van der Waals surface area (Å²) in [6.07, 6.45) is 9.21. The lowest BCUT2D eigenvalue weighted by Gasteiger charge is -2.33. The largest absolute Gasteiger partial charge is 0.496 e. The third kappa shape index (κ3) is 4.90. The van der Waals surface area contributed by atoms with Crippen LogP contribution in [0.25, 0.3) is 11.8 Å². The number of hydrogen-bond acceptors (Lipinski definition) is 4. The molecule has 192 valence electrons. The van der Waals surface area contributed by atoms with Crippen LogP contribution in [0, 0.1) is 5.82 Å². The average molecular weight is 588 g/mol. The van der Waals surface area contributed by atoms with E-state index >= 15 is 0 Å². The molecule has 10 heteroatoms. The van der Waals surface area contributed by atoms with Crippen molar-refractivity contribution in [2.45, 2.75) is 37.3 Å². The molecule has 1 aliphatic carbocycles. The Kier molecular flexibility index (Phi) is 7.09. The predicted octanol–water partition coefficient (Wildman–Crippen LogP) is 5.40. The van der Waals surface area contributed by atoms with Crippen molar-refractivity contribution in [1.82, 2.24) is 19.8 Å². The molecule has 2 atom stereocenters. The Morgan fingerprint density at radius 3 is 2.89 bits per heavy atom. The van der Waals surface area contributed by atoms with E-state index in [1.165, 1.54) is 29.2 Å². The van der Waals surface area contributed by atoms with Crippen LogP contribution < -0.4 is 10.1 Å². The SMILES string of the molecule is COc1ccc(Br)cc1/C=C/C(=O)N1CC[C@]2(NC(=O)c3cncn3-c3ccc(Cl)cc3F)CCC[C@H]12. The second kappa shape index (κ2) is 10.3. The van der Waals surface area contributed by atoms with Gasteiger partial charge in [0.2, 0.25) is 5.91 Å². The number of carbonyl (C=O) groups excluding carboxylic acids is 2. The molecule has 0 spiro atoms. The van der Waals surface area contributed by atoms with Gasteiger partial charge in [0.1, 0.15) is 17.3 Å². The van der Waals surface area contributed by atoms with Gasteiger partial charge in [-0.25, -0.2) is 9.37 Å². The topological polar surface area (TPSA) is 76.5 Å². The molecular weight excluding hydrogens is 563 g/mol. The number of nitrogens with zero attached hydrogens (tertiary/aromatic N) is 3. The lowest BCUT2D eigenvalue weighted by atomic mass is 9.92. The minimum Gasteiger partial charge on any atom is -0.496 e. The number of benzene rings is 2. The van der Waals surface area contributed by atoms with Crippen LogP contribution in [0.4, 0.5) is 4.39 Å². The highest BCUT2D eigenvalue weighted by atomic mass is 79.9. The zero-order valence-corrected chi connectivity index (χ0v) is 22.4. The van der Waals surface area contributed by atoms with Gasteiger partial charge in [-0.1, -0.05) is 27.5 Å². The molecule has 1 aromatic heterocycles. The molecule has 3 aromatic rings. The van der Waals surface area contributed by atoms with E-state index in [0.717, 1.165) is 29.3 Å². The normalized spacial score (nSPS) is 20.9. The van der Waals surface area contributed by atoms with Crippen LogP contribution in [0.3, 0.4) is 0 Å². The van der Waals surface area contributed by atoms with E-state index < -0.39 is 11.4 Å². The fourth-order valence-electron chi connectivity index (χ4n) is 5.46. The van der Waals surface area contributed by atoms with E-state index in [-0.39, 0.29) is 34.3 Å². The molecule has 2 fully saturated rings. The van der Waals surface area contributed by atoms with Crippen molar-refractivity contribution < 1.29 is 18.7 Å². The number of hydrogen-bond donors (Lipinski definition) is 1. The summed E-state index contributed by atoms with van der Waals surface area (Å²) in [5, 5.41) is 3.46. The van der Waals surface area contributed by atoms with Crippen LogP contribution in [0.2, 0.25) is 5.02 Å². The fraction of sp³-hybridized carbons (Fsp3) is 0.296. The standard InChI is InChI=1S/C27H25BrClFN4O3/c1-37-23-8-5-18(28)13-17(23)4-9-25(35)33-12-11-27(10-2-3-24(27)33)32-26(36)22-15-31-16-34(22)21-7-6-19(29)14-20(21)30/h4-9,13-16,24H,2-3,10-12H2,1H3,(H,32,36)/b9-4+/t24-,27+/m0/s1. The predicted molar refractivity (Wildman–Crippen MR) is 142 cm³/mol. The summed E-state index contributed by atoms with van der Waals surface area (Å²) in [6, 6.07) is 9.74. The molecule has 37 heavy (non-hydrogen) atoms. The number of aromatic nitrogens is 2. The molecule has 2 amide bonds. The molecule has 0 radical (unpaired) electrons. The summed E-state index contributed by atoms with van der Waals surface area (Å²) in [5.41, 5.74) is 0.649. The van der Waals surface area contributed by atoms with Gasteiger partial charge in [0, 0.05) is 27.7 Å². The number of carbonyl (C=O) groups is 2. The molecule has 2 heterocycles. The Hall–Kier alpha value is -3.17. The van der Waals surface area contributed by atoms with Gasteiger partial charge in [0.15, 0.2) is 0 Å². The molecule has 0 unspecified atom stereocenters. The number of methoxy groups -OCH3 is 1. The van der Waals surface area contributed by atoms with Crippen LogP contribution in [0.5, 0.6) is 5.75 Å². The number of amides is 2. The number of nitrogens with one attached hydrogen (secondary N) is 1. The van der Waals surface area contributed by atoms with E-state index in [9.17, 15) is 14.0 Å². The van der Waals surface area contributed by atoms with E-state index in [4.69, 9.17) is 16.3 Å². The van der Waals surface area contributed by atoms with Gasteiger partial charge in [-0.3, -0.25) is 14.2 Å². The minimum absolute atomic E-state index is 0.113. The molecule has 7 nitrogen and oxygen atoms in total. The Labute approximate surface area is 227 Å². The first kappa shape index (κ1) is 25.5. The van der Waals surface area contributed by atoms with Crippen LogP contribution in [-0.4, -0.2) is 51.5 Å². The van der Waals surface area contributed by atoms with Crippen LogP contribution in [-0.2, 0) is 4.79 Å². The Bertz CT molecular complexity index is 1390. The van der Waals surface area contributed by atoms with Gasteiger partial charge >= 0.3 is 0 Å². The average Bonchev–Trinajstić information content (AvgIpc) is 3.58. The van der Waals surface area contributed by atoms with Gasteiger partial charge in [0.25, 0.3) is 5.91 Å². The summed E-state index contributed by atoms with van der Waals surface area (Å²) in [4.78, 5) is 32.5. The first-order chi connectivity index (χ1) is 17.8. The fourth-order valence-corrected chi connectivity index (χ4v) is 6.00. The first-order valence-corrected chi connectivity index (χ1v) is 13.1. The number of fused-ring (bicyclic) bond motifs is 1. The van der Waals surface area contributed by atoms with E-state index in [1.54, 1.807) is 25.3 Å². The van der Waals surface area contributed by atoms with Crippen molar-refractivity contribution in [2.24, 2.45) is 0 Å². The monoisotopic (exact) mass is 586 g/mol. The summed E-state index contributed by atoms with van der Waals surface area (Å²) >= 11 is 9.33. The number of halogens is 3. The smallest absolute Gasteiger partial charge is 0.270 e. The van der Waals surface area contributed by atoms with Gasteiger partial charge in [-0.15, -0.1) is 0 Å². The molecule has 5 rings (SSSR count). The summed E-state index contributed by atoms with van der Waals surface area (Å²) in [6.45, 7) is 0.537. The summed E-state index contributed by atoms with van der Waals surface area (Å²) < 4.78 is 22.2. The van der Waals surface area contributed by atoms with E-state index in [2.05, 4.69) is 26.2 Å². The van der Waals surface area contributed by atoms with Crippen molar-refractivity contribution in [3.63, 3.8) is 0 Å². The maximum atomic E-state index is 14.6. The molecule has 1 N–H and O–H groups in total. The highest BCUT2D eigenvalue weighted by Crippen LogP contribution is 2.42. The summed E-state index contributed by atoms with van der Waals surface area (Å²) in [7, 11) is 1.59. The quantitative estimate of drug-likeness (QED) is 0.392. The Balaban J connectivity index is 1.34. The molecule has 1 saturated heterocycles. The van der Waals surface area contributed by atoms with Gasteiger partial charge in [-0.05, 0) is 68.2 Å². The lowest BCUT2D eigenvalue weighted by Crippen LogP contribution is -2.54. The van der Waals surface area contributed by atoms with Crippen molar-refractivity contribution >= 4 is 45.4 Å². The van der Waals surface area contributed by atoms with Gasteiger partial charge in [0.05, 0.1) is 36.9 Å². The number of ether oxygens (including phenoxy) is 1. The Morgan fingerprint density at radius 1 is 1.27 bits per heavy atom. The second-order valence-corrected chi connectivity index (χ2v) is 10.6. The second-order valence-electron chi connectivity index (χ2n) is 9.26. The zero-order chi connectivity index (χ0) is 26.2.